The third-order valence-electron chi connectivity index (χ3n) is 7.83. The fourth-order valence-electron chi connectivity index (χ4n) is 6.09. The average Bonchev–Trinajstić information content (AvgIpc) is 3.58. The number of fused-ring (bicyclic) bond motifs is 5. The smallest absolute Gasteiger partial charge is 0.220 e. The molecule has 8 aromatic rings. The summed E-state index contributed by atoms with van der Waals surface area (Å²) in [5.41, 5.74) is 5.49. The Morgan fingerprint density at radius 1 is 0.415 bits per heavy atom. The van der Waals surface area contributed by atoms with Gasteiger partial charge in [-0.1, -0.05) is 84.9 Å². The van der Waals surface area contributed by atoms with Crippen molar-refractivity contribution in [2.45, 2.75) is 19.6 Å². The number of para-hydroxylation sites is 3. The molecular weight excluding hydrogens is 518 g/mol. The first-order chi connectivity index (χ1) is 20.4. The number of nitrogens with zero attached hydrogens (tertiary/aromatic N) is 3. The quantitative estimate of drug-likeness (QED) is 0.211. The molecule has 0 aliphatic rings. The molecular formula is C37H27N3S. The zero-order valence-corrected chi connectivity index (χ0v) is 23.2. The molecule has 0 saturated heterocycles. The maximum absolute atomic E-state index is 5.13. The molecule has 2 aromatic heterocycles. The first-order valence-corrected chi connectivity index (χ1v) is 15.4. The Hall–Kier alpha value is -5.06. The predicted octanol–water partition coefficient (Wildman–Crippen LogP) is 9.77. The predicted molar refractivity (Wildman–Crippen MR) is 170 cm³/mol. The molecule has 0 atom stereocenters. The van der Waals surface area contributed by atoms with Gasteiger partial charge in [-0.15, -0.1) is 10.0 Å². The van der Waals surface area contributed by atoms with Crippen molar-refractivity contribution in [3.05, 3.63) is 164 Å². The van der Waals surface area contributed by atoms with Gasteiger partial charge in [-0.3, -0.25) is 8.97 Å². The standard InChI is InChI=1S/C37H27N3S/c1-5-15-28(16-6-1)39-35-26-25-32(27-36(35)40-34-24-14-13-23-33(34)38-37(39)40)41(29-17-7-2-8-18-29,30-19-9-3-10-20-30)31-21-11-4-12-22-31/h1-27H. The van der Waals surface area contributed by atoms with Crippen molar-refractivity contribution >= 4 is 37.9 Å². The van der Waals surface area contributed by atoms with Gasteiger partial charge >= 0.3 is 0 Å². The van der Waals surface area contributed by atoms with Gasteiger partial charge in [0.2, 0.25) is 5.78 Å². The number of imidazole rings is 2. The van der Waals surface area contributed by atoms with Gasteiger partial charge in [0.15, 0.2) is 0 Å². The second-order valence-electron chi connectivity index (χ2n) is 10.1. The number of aromatic nitrogens is 3. The normalized spacial score (nSPS) is 12.3. The molecule has 196 valence electrons. The molecule has 3 nitrogen and oxygen atoms in total. The van der Waals surface area contributed by atoms with E-state index in [1.165, 1.54) is 19.6 Å². The van der Waals surface area contributed by atoms with Crippen molar-refractivity contribution in [1.29, 1.82) is 0 Å². The van der Waals surface area contributed by atoms with Crippen LogP contribution in [0, 0.1) is 0 Å². The summed E-state index contributed by atoms with van der Waals surface area (Å²) >= 11 is 0. The number of hydrogen-bond acceptors (Lipinski definition) is 1. The summed E-state index contributed by atoms with van der Waals surface area (Å²) in [6.45, 7) is 0. The van der Waals surface area contributed by atoms with Gasteiger partial charge in [0.1, 0.15) is 0 Å². The van der Waals surface area contributed by atoms with Crippen LogP contribution in [0.25, 0.3) is 33.5 Å². The monoisotopic (exact) mass is 545 g/mol. The van der Waals surface area contributed by atoms with Gasteiger partial charge in [0.25, 0.3) is 0 Å². The highest BCUT2D eigenvalue weighted by Crippen LogP contribution is 2.73. The van der Waals surface area contributed by atoms with Crippen LogP contribution in [0.5, 0.6) is 0 Å². The largest absolute Gasteiger partial charge is 0.278 e. The minimum Gasteiger partial charge on any atom is -0.278 e. The fourth-order valence-corrected chi connectivity index (χ4v) is 9.98. The van der Waals surface area contributed by atoms with Crippen molar-refractivity contribution in [2.75, 3.05) is 0 Å². The minimum atomic E-state index is -1.81. The molecule has 0 fully saturated rings. The third-order valence-corrected chi connectivity index (χ3v) is 11.7. The van der Waals surface area contributed by atoms with Crippen LogP contribution in [0.2, 0.25) is 0 Å². The topological polar surface area (TPSA) is 22.2 Å². The van der Waals surface area contributed by atoms with E-state index in [4.69, 9.17) is 4.98 Å². The van der Waals surface area contributed by atoms with E-state index in [2.05, 4.69) is 173 Å². The van der Waals surface area contributed by atoms with Gasteiger partial charge in [-0.05, 0) is 78.9 Å². The van der Waals surface area contributed by atoms with Crippen LogP contribution in [-0.2, 0) is 0 Å². The first kappa shape index (κ1) is 23.8. The zero-order chi connectivity index (χ0) is 27.2. The Bertz CT molecular complexity index is 2030. The first-order valence-electron chi connectivity index (χ1n) is 13.8. The molecule has 0 bridgehead atoms. The Morgan fingerprint density at radius 3 is 1.51 bits per heavy atom. The summed E-state index contributed by atoms with van der Waals surface area (Å²) in [5.74, 6) is 0.921. The Morgan fingerprint density at radius 2 is 0.927 bits per heavy atom. The molecule has 0 unspecified atom stereocenters. The third kappa shape index (κ3) is 3.58. The molecule has 0 radical (unpaired) electrons. The molecule has 2 heterocycles. The van der Waals surface area contributed by atoms with E-state index in [1.807, 2.05) is 0 Å². The Labute approximate surface area is 240 Å². The average molecular weight is 546 g/mol. The maximum Gasteiger partial charge on any atom is 0.220 e. The lowest BCUT2D eigenvalue weighted by Gasteiger charge is -2.42. The van der Waals surface area contributed by atoms with E-state index in [9.17, 15) is 0 Å². The van der Waals surface area contributed by atoms with E-state index >= 15 is 0 Å². The molecule has 0 aliphatic carbocycles. The van der Waals surface area contributed by atoms with Gasteiger partial charge in [0, 0.05) is 25.3 Å². The van der Waals surface area contributed by atoms with E-state index in [-0.39, 0.29) is 0 Å². The van der Waals surface area contributed by atoms with Crippen molar-refractivity contribution in [3.63, 3.8) is 0 Å². The van der Waals surface area contributed by atoms with Crippen molar-refractivity contribution in [2.24, 2.45) is 0 Å². The Kier molecular flexibility index (Phi) is 5.54. The minimum absolute atomic E-state index is 0.921. The summed E-state index contributed by atoms with van der Waals surface area (Å²) in [6.07, 6.45) is 0. The maximum atomic E-state index is 5.13. The van der Waals surface area contributed by atoms with Gasteiger partial charge in [-0.2, -0.15) is 0 Å². The van der Waals surface area contributed by atoms with E-state index < -0.39 is 10.0 Å². The highest BCUT2D eigenvalue weighted by Gasteiger charge is 2.34. The van der Waals surface area contributed by atoms with Gasteiger partial charge in [0.05, 0.1) is 22.1 Å². The molecule has 0 amide bonds. The summed E-state index contributed by atoms with van der Waals surface area (Å²) in [4.78, 5) is 10.4. The van der Waals surface area contributed by atoms with Gasteiger partial charge in [-0.25, -0.2) is 4.98 Å². The van der Waals surface area contributed by atoms with E-state index in [0.717, 1.165) is 33.5 Å². The molecule has 0 saturated carbocycles. The summed E-state index contributed by atoms with van der Waals surface area (Å²) < 4.78 is 4.61. The molecule has 41 heavy (non-hydrogen) atoms. The van der Waals surface area contributed by atoms with Gasteiger partial charge < -0.3 is 0 Å². The lowest BCUT2D eigenvalue weighted by atomic mass is 10.2. The summed E-state index contributed by atoms with van der Waals surface area (Å²) in [5, 5.41) is 0. The molecule has 4 heteroatoms. The highest BCUT2D eigenvalue weighted by atomic mass is 32.3. The molecule has 0 spiro atoms. The lowest BCUT2D eigenvalue weighted by Crippen LogP contribution is -2.05. The number of hydrogen-bond donors (Lipinski definition) is 0. The van der Waals surface area contributed by atoms with Crippen LogP contribution in [0.4, 0.5) is 0 Å². The molecule has 0 N–H and O–H groups in total. The highest BCUT2D eigenvalue weighted by molar-refractivity contribution is 8.34. The SMILES string of the molecule is c1ccc(-n2c3ccc(S(c4ccccc4)(c4ccccc4)c4ccccc4)cc3n3c4ccccc4nc23)cc1. The van der Waals surface area contributed by atoms with Crippen molar-refractivity contribution in [3.8, 4) is 5.69 Å². The fraction of sp³-hybridized carbons (Fsp3) is 0. The van der Waals surface area contributed by atoms with Crippen LogP contribution >= 0.6 is 10.0 Å². The van der Waals surface area contributed by atoms with Crippen LogP contribution < -0.4 is 0 Å². The van der Waals surface area contributed by atoms with Crippen LogP contribution in [0.1, 0.15) is 0 Å². The van der Waals surface area contributed by atoms with Crippen LogP contribution in [-0.4, -0.2) is 14.0 Å². The molecule has 6 aromatic carbocycles. The van der Waals surface area contributed by atoms with Crippen LogP contribution in [0.3, 0.4) is 0 Å². The summed E-state index contributed by atoms with van der Waals surface area (Å²) in [7, 11) is -1.81. The van der Waals surface area contributed by atoms with Crippen LogP contribution in [0.15, 0.2) is 183 Å². The second-order valence-corrected chi connectivity index (χ2v) is 13.2. The zero-order valence-electron chi connectivity index (χ0n) is 22.3. The number of benzene rings is 6. The lowest BCUT2D eigenvalue weighted by molar-refractivity contribution is 1.11. The van der Waals surface area contributed by atoms with Crippen molar-refractivity contribution in [1.82, 2.24) is 14.0 Å². The van der Waals surface area contributed by atoms with E-state index in [1.54, 1.807) is 0 Å². The summed E-state index contributed by atoms with van der Waals surface area (Å²) in [6, 6.07) is 59.0. The molecule has 0 aliphatic heterocycles. The van der Waals surface area contributed by atoms with E-state index in [0.29, 0.717) is 0 Å². The Balaban J connectivity index is 1.53. The number of rotatable bonds is 5. The van der Waals surface area contributed by atoms with Crippen molar-refractivity contribution < 1.29 is 0 Å². The molecule has 8 rings (SSSR count). The second kappa shape index (κ2) is 9.54.